The number of hydrogen-bond donors (Lipinski definition) is 3. The molecule has 2 amide bonds. The summed E-state index contributed by atoms with van der Waals surface area (Å²) in [7, 11) is 0. The molecule has 3 aromatic rings. The lowest BCUT2D eigenvalue weighted by atomic mass is 10.1. The third kappa shape index (κ3) is 7.34. The highest BCUT2D eigenvalue weighted by molar-refractivity contribution is 6.05. The number of anilines is 5. The summed E-state index contributed by atoms with van der Waals surface area (Å²) in [6, 6.07) is 15.9. The maximum atomic E-state index is 13.4. The maximum Gasteiger partial charge on any atom is 0.419 e. The van der Waals surface area contributed by atoms with E-state index in [2.05, 4.69) is 29.4 Å². The molecule has 1 heterocycles. The van der Waals surface area contributed by atoms with E-state index in [1.54, 1.807) is 32.9 Å². The molecule has 0 radical (unpaired) electrons. The Kier molecular flexibility index (Phi) is 10.6. The van der Waals surface area contributed by atoms with E-state index in [0.29, 0.717) is 28.5 Å². The van der Waals surface area contributed by atoms with Gasteiger partial charge in [0.25, 0.3) is 0 Å². The highest BCUT2D eigenvalue weighted by Crippen LogP contribution is 2.41. The van der Waals surface area contributed by atoms with Gasteiger partial charge in [-0.15, -0.1) is 0 Å². The van der Waals surface area contributed by atoms with Crippen LogP contribution >= 0.6 is 0 Å². The quantitative estimate of drug-likeness (QED) is 0.179. The van der Waals surface area contributed by atoms with Crippen molar-refractivity contribution in [2.75, 3.05) is 46.9 Å². The first kappa shape index (κ1) is 30.1. The lowest BCUT2D eigenvalue weighted by Crippen LogP contribution is -2.30. The lowest BCUT2D eigenvalue weighted by molar-refractivity contribution is -0.118. The Hall–Kier alpha value is -4.47. The number of pyridine rings is 1. The van der Waals surface area contributed by atoms with Crippen LogP contribution in [0.3, 0.4) is 0 Å². The highest BCUT2D eigenvalue weighted by atomic mass is 16.6. The molecule has 1 aromatic heterocycles. The minimum atomic E-state index is -0.653. The molecule has 0 aliphatic heterocycles. The fourth-order valence-corrected chi connectivity index (χ4v) is 4.01. The van der Waals surface area contributed by atoms with Gasteiger partial charge >= 0.3 is 6.09 Å². The number of carbonyl (C=O) groups is 2. The summed E-state index contributed by atoms with van der Waals surface area (Å²) in [4.78, 5) is 34.4. The Morgan fingerprint density at radius 3 is 2.27 bits per heavy atom. The Labute approximate surface area is 235 Å². The van der Waals surface area contributed by atoms with Crippen LogP contribution in [-0.2, 0) is 9.53 Å². The van der Waals surface area contributed by atoms with Crippen LogP contribution in [0, 0.1) is 12.8 Å². The van der Waals surface area contributed by atoms with E-state index in [4.69, 9.17) is 14.5 Å². The zero-order valence-corrected chi connectivity index (χ0v) is 24.0. The number of rotatable bonds is 12. The Morgan fingerprint density at radius 2 is 1.68 bits per heavy atom. The highest BCUT2D eigenvalue weighted by Gasteiger charge is 2.27. The Morgan fingerprint density at radius 1 is 0.975 bits per heavy atom. The van der Waals surface area contributed by atoms with Crippen LogP contribution in [0.2, 0.25) is 0 Å². The summed E-state index contributed by atoms with van der Waals surface area (Å²) in [5.41, 5.74) is 1.91. The summed E-state index contributed by atoms with van der Waals surface area (Å²) >= 11 is 0. The SMILES string of the molecule is CCOC(=O)N(c1cc(NCOc2ccccc2)c(O)cc1NC(=O)C(C)C)c1ccc(N(CC)CC)nc1C. The molecule has 0 aliphatic carbocycles. The number of nitrogens with one attached hydrogen (secondary N) is 2. The van der Waals surface area contributed by atoms with Crippen LogP contribution in [0.4, 0.5) is 33.4 Å². The topological polar surface area (TPSA) is 116 Å². The summed E-state index contributed by atoms with van der Waals surface area (Å²) in [5.74, 6) is 0.701. The van der Waals surface area contributed by atoms with E-state index in [0.717, 1.165) is 18.9 Å². The zero-order chi connectivity index (χ0) is 29.2. The molecule has 10 heteroatoms. The molecule has 0 atom stereocenters. The van der Waals surface area contributed by atoms with Gasteiger partial charge in [-0.1, -0.05) is 32.0 Å². The van der Waals surface area contributed by atoms with Gasteiger partial charge in [0.1, 0.15) is 17.3 Å². The number of carbonyl (C=O) groups excluding carboxylic acids is 2. The molecule has 3 rings (SSSR count). The number of aromatic nitrogens is 1. The molecule has 214 valence electrons. The van der Waals surface area contributed by atoms with Crippen molar-refractivity contribution in [2.45, 2.75) is 41.5 Å². The number of aryl methyl sites for hydroxylation is 1. The average molecular weight is 550 g/mol. The summed E-state index contributed by atoms with van der Waals surface area (Å²) < 4.78 is 11.2. The van der Waals surface area contributed by atoms with Crippen LogP contribution in [0.25, 0.3) is 0 Å². The second kappa shape index (κ2) is 14.1. The molecule has 2 aromatic carbocycles. The van der Waals surface area contributed by atoms with Crippen molar-refractivity contribution in [3.63, 3.8) is 0 Å². The molecule has 0 bridgehead atoms. The molecule has 0 unspecified atom stereocenters. The summed E-state index contributed by atoms with van der Waals surface area (Å²) in [6.45, 7) is 12.9. The standard InChI is InChI=1S/C30H39N5O5/c1-7-34(8-2)28-16-15-25(21(6)32-28)35(30(38)39-9-3)26-17-24(31-19-40-22-13-11-10-12-14-22)27(36)18-23(26)33-29(37)20(4)5/h10-18,20,31,36H,7-9,19H2,1-6H3,(H,33,37). The molecule has 10 nitrogen and oxygen atoms in total. The van der Waals surface area contributed by atoms with Crippen LogP contribution in [0.15, 0.2) is 54.6 Å². The van der Waals surface area contributed by atoms with Gasteiger partial charge in [-0.25, -0.2) is 14.7 Å². The number of phenols is 1. The van der Waals surface area contributed by atoms with Crippen molar-refractivity contribution in [3.05, 3.63) is 60.3 Å². The van der Waals surface area contributed by atoms with Crippen molar-refractivity contribution in [1.29, 1.82) is 0 Å². The molecule has 3 N–H and O–H groups in total. The monoisotopic (exact) mass is 549 g/mol. The van der Waals surface area contributed by atoms with Crippen LogP contribution < -0.4 is 25.2 Å². The minimum absolute atomic E-state index is 0.0489. The molecule has 40 heavy (non-hydrogen) atoms. The fourth-order valence-electron chi connectivity index (χ4n) is 4.01. The largest absolute Gasteiger partial charge is 0.506 e. The van der Waals surface area contributed by atoms with Gasteiger partial charge in [0.05, 0.1) is 35.1 Å². The molecule has 0 fully saturated rings. The number of para-hydroxylation sites is 1. The van der Waals surface area contributed by atoms with Crippen molar-refractivity contribution < 1.29 is 24.2 Å². The third-order valence-corrected chi connectivity index (χ3v) is 6.20. The van der Waals surface area contributed by atoms with E-state index in [9.17, 15) is 14.7 Å². The van der Waals surface area contributed by atoms with Crippen molar-refractivity contribution >= 4 is 40.6 Å². The number of hydrogen-bond acceptors (Lipinski definition) is 8. The first-order valence-corrected chi connectivity index (χ1v) is 13.5. The molecule has 0 saturated heterocycles. The zero-order valence-electron chi connectivity index (χ0n) is 24.0. The molecular formula is C30H39N5O5. The van der Waals surface area contributed by atoms with Gasteiger partial charge in [-0.2, -0.15) is 0 Å². The third-order valence-electron chi connectivity index (χ3n) is 6.20. The van der Waals surface area contributed by atoms with Gasteiger partial charge in [0, 0.05) is 25.1 Å². The van der Waals surface area contributed by atoms with Gasteiger partial charge in [0.15, 0.2) is 6.73 Å². The maximum absolute atomic E-state index is 13.4. The van der Waals surface area contributed by atoms with Gasteiger partial charge < -0.3 is 30.1 Å². The van der Waals surface area contributed by atoms with Gasteiger partial charge in [-0.3, -0.25) is 4.79 Å². The number of amides is 2. The molecule has 0 aliphatic rings. The van der Waals surface area contributed by atoms with Gasteiger partial charge in [-0.05, 0) is 58.0 Å². The second-order valence-electron chi connectivity index (χ2n) is 9.29. The molecular weight excluding hydrogens is 510 g/mol. The van der Waals surface area contributed by atoms with Crippen molar-refractivity contribution in [1.82, 2.24) is 4.98 Å². The summed E-state index contributed by atoms with van der Waals surface area (Å²) in [5, 5.41) is 16.7. The predicted octanol–water partition coefficient (Wildman–Crippen LogP) is 6.28. The van der Waals surface area contributed by atoms with Crippen LogP contribution in [-0.4, -0.2) is 48.5 Å². The van der Waals surface area contributed by atoms with E-state index in [-0.39, 0.29) is 36.6 Å². The van der Waals surface area contributed by atoms with E-state index in [1.165, 1.54) is 11.0 Å². The smallest absolute Gasteiger partial charge is 0.419 e. The Balaban J connectivity index is 2.10. The first-order chi connectivity index (χ1) is 19.2. The van der Waals surface area contributed by atoms with Gasteiger partial charge in [0.2, 0.25) is 5.91 Å². The number of ether oxygens (including phenoxy) is 2. The molecule has 0 spiro atoms. The summed E-state index contributed by atoms with van der Waals surface area (Å²) in [6.07, 6.45) is -0.653. The first-order valence-electron chi connectivity index (χ1n) is 13.5. The van der Waals surface area contributed by atoms with Crippen molar-refractivity contribution in [3.8, 4) is 11.5 Å². The number of nitrogens with zero attached hydrogens (tertiary/aromatic N) is 3. The number of aromatic hydroxyl groups is 1. The fraction of sp³-hybridized carbons (Fsp3) is 0.367. The van der Waals surface area contributed by atoms with Crippen molar-refractivity contribution in [2.24, 2.45) is 5.92 Å². The van der Waals surface area contributed by atoms with E-state index in [1.807, 2.05) is 43.3 Å². The van der Waals surface area contributed by atoms with E-state index >= 15 is 0 Å². The average Bonchev–Trinajstić information content (AvgIpc) is 2.93. The lowest BCUT2D eigenvalue weighted by Gasteiger charge is -2.28. The minimum Gasteiger partial charge on any atom is -0.506 e. The normalized spacial score (nSPS) is 10.7. The van der Waals surface area contributed by atoms with E-state index < -0.39 is 6.09 Å². The molecule has 0 saturated carbocycles. The second-order valence-corrected chi connectivity index (χ2v) is 9.29. The predicted molar refractivity (Wildman–Crippen MR) is 159 cm³/mol. The number of benzene rings is 2. The number of phenolic OH excluding ortho intramolecular Hbond substituents is 1. The van der Waals surface area contributed by atoms with Crippen LogP contribution in [0.1, 0.15) is 40.3 Å². The Bertz CT molecular complexity index is 1300. The van der Waals surface area contributed by atoms with Crippen LogP contribution in [0.5, 0.6) is 11.5 Å².